The smallest absolute Gasteiger partial charge is 0.305 e. The molecule has 4 aromatic carbocycles. The third-order valence-electron chi connectivity index (χ3n) is 8.22. The Kier molecular flexibility index (Phi) is 5.54. The molecule has 0 aliphatic carbocycles. The molecule has 5 atom stereocenters. The Morgan fingerprint density at radius 3 is 1.80 bits per heavy atom. The molecule has 4 aromatic rings. The second-order valence-corrected chi connectivity index (χ2v) is 10.9. The molecule has 11 N–H and O–H groups in total. The predicted molar refractivity (Wildman–Crippen MR) is 145 cm³/mol. The van der Waals surface area contributed by atoms with E-state index < -0.39 is 81.8 Å². The molecule has 44 heavy (non-hydrogen) atoms. The number of rotatable bonds is 2. The van der Waals surface area contributed by atoms with Crippen molar-refractivity contribution >= 4 is 0 Å². The lowest BCUT2D eigenvalue weighted by Crippen LogP contribution is -2.57. The zero-order chi connectivity index (χ0) is 31.4. The maximum Gasteiger partial charge on any atom is 0.305 e. The van der Waals surface area contributed by atoms with E-state index in [0.29, 0.717) is 0 Å². The van der Waals surface area contributed by atoms with Gasteiger partial charge in [-0.2, -0.15) is 0 Å². The van der Waals surface area contributed by atoms with Gasteiger partial charge in [0.15, 0.2) is 40.6 Å². The molecule has 7 rings (SSSR count). The number of aliphatic hydroxyl groups is 2. The van der Waals surface area contributed by atoms with E-state index in [2.05, 4.69) is 0 Å². The summed E-state index contributed by atoms with van der Waals surface area (Å²) in [6.07, 6.45) is -4.63. The van der Waals surface area contributed by atoms with Crippen LogP contribution < -0.4 is 14.2 Å². The van der Waals surface area contributed by atoms with Crippen LogP contribution in [0, 0.1) is 0 Å². The molecule has 0 spiro atoms. The maximum atomic E-state index is 11.9. The van der Waals surface area contributed by atoms with Gasteiger partial charge in [-0.1, -0.05) is 0 Å². The minimum atomic E-state index is -2.30. The SMILES string of the molecule is Oc1cc(O)c2c(c1)O[C@]1(c3cc(O)c(O)c(O)c3)Oc3cc(O)c4c(c3[C@H]2[C@@H]1O)O[C@@H](c1cc(O)c(O)c(O)c1)[C@H](O)C4. The lowest BCUT2D eigenvalue weighted by molar-refractivity contribution is -0.219. The first-order valence-electron chi connectivity index (χ1n) is 13.2. The highest BCUT2D eigenvalue weighted by molar-refractivity contribution is 5.68. The summed E-state index contributed by atoms with van der Waals surface area (Å²) in [5.41, 5.74) is -0.00268. The van der Waals surface area contributed by atoms with Gasteiger partial charge in [-0.15, -0.1) is 0 Å². The minimum absolute atomic E-state index is 0.0261. The third-order valence-corrected chi connectivity index (χ3v) is 8.22. The van der Waals surface area contributed by atoms with Crippen LogP contribution in [0.3, 0.4) is 0 Å². The van der Waals surface area contributed by atoms with E-state index in [1.165, 1.54) is 6.07 Å². The summed E-state index contributed by atoms with van der Waals surface area (Å²) in [4.78, 5) is 0. The Balaban J connectivity index is 1.48. The van der Waals surface area contributed by atoms with Crippen LogP contribution in [0.4, 0.5) is 0 Å². The maximum absolute atomic E-state index is 11.9. The Hall–Kier alpha value is -5.60. The Morgan fingerprint density at radius 2 is 1.18 bits per heavy atom. The largest absolute Gasteiger partial charge is 0.508 e. The normalized spacial score (nSPS) is 24.6. The van der Waals surface area contributed by atoms with E-state index in [-0.39, 0.29) is 51.5 Å². The van der Waals surface area contributed by atoms with Gasteiger partial charge in [-0.05, 0) is 24.3 Å². The van der Waals surface area contributed by atoms with Crippen molar-refractivity contribution in [3.63, 3.8) is 0 Å². The van der Waals surface area contributed by atoms with Crippen LogP contribution in [0.25, 0.3) is 0 Å². The number of phenols is 9. The number of ether oxygens (including phenoxy) is 3. The lowest BCUT2D eigenvalue weighted by atomic mass is 9.74. The van der Waals surface area contributed by atoms with Gasteiger partial charge in [-0.3, -0.25) is 0 Å². The summed E-state index contributed by atoms with van der Waals surface area (Å²) in [6.45, 7) is 0. The van der Waals surface area contributed by atoms with Crippen LogP contribution in [-0.4, -0.2) is 68.4 Å². The van der Waals surface area contributed by atoms with E-state index >= 15 is 0 Å². The van der Waals surface area contributed by atoms with Gasteiger partial charge in [0.25, 0.3) is 0 Å². The van der Waals surface area contributed by atoms with E-state index in [1.54, 1.807) is 0 Å². The summed E-state index contributed by atoms with van der Waals surface area (Å²) < 4.78 is 18.4. The van der Waals surface area contributed by atoms with Gasteiger partial charge in [0, 0.05) is 52.4 Å². The molecule has 0 amide bonds. The molecule has 0 unspecified atom stereocenters. The fourth-order valence-corrected chi connectivity index (χ4v) is 6.23. The fourth-order valence-electron chi connectivity index (χ4n) is 6.23. The molecule has 0 fully saturated rings. The van der Waals surface area contributed by atoms with Crippen LogP contribution in [0.1, 0.15) is 39.8 Å². The predicted octanol–water partition coefficient (Wildman–Crippen LogP) is 2.20. The van der Waals surface area contributed by atoms with Crippen LogP contribution >= 0.6 is 0 Å². The highest BCUT2D eigenvalue weighted by atomic mass is 16.7. The van der Waals surface area contributed by atoms with E-state index in [4.69, 9.17) is 14.2 Å². The second-order valence-electron chi connectivity index (χ2n) is 10.9. The van der Waals surface area contributed by atoms with Crippen LogP contribution in [0.5, 0.6) is 69.0 Å². The molecule has 0 saturated heterocycles. The highest BCUT2D eigenvalue weighted by Crippen LogP contribution is 2.62. The van der Waals surface area contributed by atoms with Gasteiger partial charge in [-0.25, -0.2) is 0 Å². The molecule has 0 aromatic heterocycles. The first-order valence-corrected chi connectivity index (χ1v) is 13.2. The molecule has 3 aliphatic rings. The molecule has 228 valence electrons. The zero-order valence-corrected chi connectivity index (χ0v) is 22.2. The molecular formula is C30H24O14. The first-order chi connectivity index (χ1) is 20.8. The summed E-state index contributed by atoms with van der Waals surface area (Å²) in [7, 11) is 0. The highest BCUT2D eigenvalue weighted by Gasteiger charge is 2.60. The van der Waals surface area contributed by atoms with Crippen molar-refractivity contribution in [1.29, 1.82) is 0 Å². The summed E-state index contributed by atoms with van der Waals surface area (Å²) >= 11 is 0. The number of fused-ring (bicyclic) bond motifs is 8. The summed E-state index contributed by atoms with van der Waals surface area (Å²) in [6, 6.07) is 7.40. The van der Waals surface area contributed by atoms with Gasteiger partial charge in [0.2, 0.25) is 0 Å². The molecule has 3 aliphatic heterocycles. The van der Waals surface area contributed by atoms with Gasteiger partial charge >= 0.3 is 5.79 Å². The average Bonchev–Trinajstić information content (AvgIpc) is 2.94. The van der Waals surface area contributed by atoms with Crippen molar-refractivity contribution in [2.24, 2.45) is 0 Å². The number of hydrogen-bond acceptors (Lipinski definition) is 14. The number of hydrogen-bond donors (Lipinski definition) is 11. The topological polar surface area (TPSA) is 250 Å². The fraction of sp³-hybridized carbons (Fsp3) is 0.200. The monoisotopic (exact) mass is 608 g/mol. The molecule has 3 heterocycles. The Labute approximate surface area is 246 Å². The van der Waals surface area contributed by atoms with Crippen molar-refractivity contribution in [3.05, 3.63) is 70.3 Å². The Bertz CT molecular complexity index is 1840. The van der Waals surface area contributed by atoms with Crippen molar-refractivity contribution in [2.45, 2.75) is 36.4 Å². The van der Waals surface area contributed by atoms with Crippen molar-refractivity contribution in [1.82, 2.24) is 0 Å². The second kappa shape index (κ2) is 8.95. The van der Waals surface area contributed by atoms with E-state index in [1.807, 2.05) is 0 Å². The van der Waals surface area contributed by atoms with Crippen molar-refractivity contribution < 1.29 is 70.4 Å². The van der Waals surface area contributed by atoms with Gasteiger partial charge in [0.1, 0.15) is 40.6 Å². The van der Waals surface area contributed by atoms with Crippen molar-refractivity contribution in [3.8, 4) is 69.0 Å². The number of phenolic OH excluding ortho intramolecular Hbond substituents is 9. The summed E-state index contributed by atoms with van der Waals surface area (Å²) in [5, 5.41) is 116. The Morgan fingerprint density at radius 1 is 0.614 bits per heavy atom. The molecular weight excluding hydrogens is 584 g/mol. The van der Waals surface area contributed by atoms with Gasteiger partial charge < -0.3 is 70.4 Å². The molecule has 0 saturated carbocycles. The van der Waals surface area contributed by atoms with E-state index in [0.717, 1.165) is 36.4 Å². The summed E-state index contributed by atoms with van der Waals surface area (Å²) in [5.74, 6) is -9.88. The molecule has 0 radical (unpaired) electrons. The molecule has 14 heteroatoms. The number of aromatic hydroxyl groups is 9. The zero-order valence-electron chi connectivity index (χ0n) is 22.2. The molecule has 14 nitrogen and oxygen atoms in total. The first kappa shape index (κ1) is 27.2. The quantitative estimate of drug-likeness (QED) is 0.146. The number of benzene rings is 4. The minimum Gasteiger partial charge on any atom is -0.508 e. The standard InChI is InChI=1S/C30H24O14/c31-11-5-14(33)22-20(6-11)43-30(10-3-17(36)26(40)18(37)4-10)29(41)24(22)23-21(44-30)8-13(32)12-7-19(38)27(42-28(12)23)9-1-15(34)25(39)16(35)2-9/h1-6,8,19,24,27,29,31-41H,7H2/t19-,24+,27+,29+,30-/m1/s1. The van der Waals surface area contributed by atoms with Crippen LogP contribution in [0.15, 0.2) is 42.5 Å². The van der Waals surface area contributed by atoms with Crippen LogP contribution in [0.2, 0.25) is 0 Å². The van der Waals surface area contributed by atoms with E-state index in [9.17, 15) is 56.2 Å². The number of aliphatic hydroxyl groups excluding tert-OH is 2. The molecule has 2 bridgehead atoms. The average molecular weight is 609 g/mol. The third kappa shape index (κ3) is 3.61. The lowest BCUT2D eigenvalue weighted by Gasteiger charge is -2.50. The van der Waals surface area contributed by atoms with Gasteiger partial charge in [0.05, 0.1) is 12.0 Å². The van der Waals surface area contributed by atoms with Crippen molar-refractivity contribution in [2.75, 3.05) is 0 Å². The van der Waals surface area contributed by atoms with Crippen LogP contribution in [-0.2, 0) is 12.2 Å².